The maximum atomic E-state index is 11.8. The van der Waals surface area contributed by atoms with Gasteiger partial charge in [-0.25, -0.2) is 4.79 Å². The molecule has 9 nitrogen and oxygen atoms in total. The van der Waals surface area contributed by atoms with Crippen molar-refractivity contribution in [1.82, 2.24) is 5.32 Å². The normalized spacial score (nSPS) is 18.7. The Labute approximate surface area is 236 Å². The van der Waals surface area contributed by atoms with Gasteiger partial charge in [-0.15, -0.1) is 11.8 Å². The summed E-state index contributed by atoms with van der Waals surface area (Å²) in [6.07, 6.45) is -0.907. The number of aliphatic hydroxyl groups is 1. The van der Waals surface area contributed by atoms with Gasteiger partial charge >= 0.3 is 11.9 Å². The molecule has 1 aliphatic rings. The first kappa shape index (κ1) is 29.3. The fraction of sp³-hybridized carbons (Fsp3) is 0.300. The number of ether oxygens (including phenoxy) is 2. The zero-order valence-electron chi connectivity index (χ0n) is 21.7. The Hall–Kier alpha value is -3.70. The Morgan fingerprint density at radius 1 is 0.850 bits per heavy atom. The van der Waals surface area contributed by atoms with E-state index in [0.717, 1.165) is 22.3 Å². The second kappa shape index (κ2) is 14.1. The van der Waals surface area contributed by atoms with Crippen molar-refractivity contribution >= 4 is 29.6 Å². The van der Waals surface area contributed by atoms with Gasteiger partial charge in [0.1, 0.15) is 0 Å². The molecule has 1 saturated heterocycles. The Balaban J connectivity index is 1.46. The highest BCUT2D eigenvalue weighted by molar-refractivity contribution is 7.99. The van der Waals surface area contributed by atoms with Gasteiger partial charge in [0, 0.05) is 35.6 Å². The molecular formula is C30H31NO8S. The first-order chi connectivity index (χ1) is 19.3. The van der Waals surface area contributed by atoms with Crippen LogP contribution in [0.4, 0.5) is 0 Å². The number of thioether (sulfide) groups is 1. The summed E-state index contributed by atoms with van der Waals surface area (Å²) in [5.74, 6) is -1.80. The van der Waals surface area contributed by atoms with Crippen molar-refractivity contribution < 1.29 is 39.2 Å². The highest BCUT2D eigenvalue weighted by atomic mass is 32.2. The van der Waals surface area contributed by atoms with Gasteiger partial charge < -0.3 is 30.1 Å². The molecule has 1 heterocycles. The van der Waals surface area contributed by atoms with E-state index < -0.39 is 18.2 Å². The fourth-order valence-electron chi connectivity index (χ4n) is 4.28. The van der Waals surface area contributed by atoms with Crippen molar-refractivity contribution in [2.45, 2.75) is 55.8 Å². The lowest BCUT2D eigenvalue weighted by Crippen LogP contribution is -2.31. The molecule has 1 fully saturated rings. The average molecular weight is 566 g/mol. The van der Waals surface area contributed by atoms with Gasteiger partial charge in [-0.1, -0.05) is 60.7 Å². The largest absolute Gasteiger partial charge is 0.481 e. The molecule has 3 atom stereocenters. The quantitative estimate of drug-likeness (QED) is 0.230. The maximum absolute atomic E-state index is 11.8. The minimum absolute atomic E-state index is 0.0495. The predicted molar refractivity (Wildman–Crippen MR) is 148 cm³/mol. The molecule has 3 aromatic rings. The van der Waals surface area contributed by atoms with Crippen LogP contribution in [0.1, 0.15) is 64.3 Å². The van der Waals surface area contributed by atoms with Crippen LogP contribution in [-0.4, -0.2) is 45.0 Å². The monoisotopic (exact) mass is 565 g/mol. The molecule has 1 amide bonds. The lowest BCUT2D eigenvalue weighted by atomic mass is 10.0. The molecule has 0 saturated carbocycles. The molecule has 40 heavy (non-hydrogen) atoms. The Kier molecular flexibility index (Phi) is 10.3. The number of rotatable bonds is 12. The Morgan fingerprint density at radius 3 is 2.20 bits per heavy atom. The van der Waals surface area contributed by atoms with E-state index in [2.05, 4.69) is 5.32 Å². The van der Waals surface area contributed by atoms with Gasteiger partial charge in [-0.05, 0) is 28.8 Å². The first-order valence-electron chi connectivity index (χ1n) is 12.9. The van der Waals surface area contributed by atoms with Crippen LogP contribution in [0.15, 0.2) is 77.7 Å². The zero-order chi connectivity index (χ0) is 28.5. The summed E-state index contributed by atoms with van der Waals surface area (Å²) in [6, 6.07) is 21.9. The summed E-state index contributed by atoms with van der Waals surface area (Å²) in [7, 11) is 0. The van der Waals surface area contributed by atoms with Gasteiger partial charge in [0.05, 0.1) is 30.8 Å². The predicted octanol–water partition coefficient (Wildman–Crippen LogP) is 4.70. The summed E-state index contributed by atoms with van der Waals surface area (Å²) in [5, 5.41) is 30.4. The molecule has 0 unspecified atom stereocenters. The number of aliphatic carboxylic acids is 1. The highest BCUT2D eigenvalue weighted by Crippen LogP contribution is 2.39. The number of hydrogen-bond acceptors (Lipinski definition) is 7. The summed E-state index contributed by atoms with van der Waals surface area (Å²) >= 11 is 1.43. The van der Waals surface area contributed by atoms with Crippen molar-refractivity contribution in [1.29, 1.82) is 0 Å². The molecule has 3 aromatic carbocycles. The van der Waals surface area contributed by atoms with Gasteiger partial charge in [0.2, 0.25) is 5.91 Å². The fourth-order valence-corrected chi connectivity index (χ4v) is 5.34. The van der Waals surface area contributed by atoms with Crippen LogP contribution in [0.3, 0.4) is 0 Å². The molecule has 210 valence electrons. The van der Waals surface area contributed by atoms with Crippen molar-refractivity contribution in [2.75, 3.05) is 5.75 Å². The molecule has 10 heteroatoms. The topological polar surface area (TPSA) is 142 Å². The van der Waals surface area contributed by atoms with E-state index in [4.69, 9.17) is 14.6 Å². The van der Waals surface area contributed by atoms with Gasteiger partial charge in [-0.2, -0.15) is 0 Å². The van der Waals surface area contributed by atoms with Gasteiger partial charge in [0.25, 0.3) is 0 Å². The number of amides is 1. The zero-order valence-corrected chi connectivity index (χ0v) is 22.5. The van der Waals surface area contributed by atoms with Gasteiger partial charge in [-0.3, -0.25) is 9.59 Å². The van der Waals surface area contributed by atoms with E-state index in [1.807, 2.05) is 54.6 Å². The van der Waals surface area contributed by atoms with Crippen LogP contribution in [-0.2, 0) is 32.2 Å². The van der Waals surface area contributed by atoms with Crippen LogP contribution in [0.5, 0.6) is 0 Å². The van der Waals surface area contributed by atoms with Crippen molar-refractivity contribution in [3.63, 3.8) is 0 Å². The summed E-state index contributed by atoms with van der Waals surface area (Å²) in [5.41, 5.74) is 3.63. The van der Waals surface area contributed by atoms with E-state index in [1.165, 1.54) is 11.8 Å². The van der Waals surface area contributed by atoms with Crippen molar-refractivity contribution in [3.8, 4) is 0 Å². The first-order valence-corrected chi connectivity index (χ1v) is 13.8. The molecule has 0 spiro atoms. The average Bonchev–Trinajstić information content (AvgIpc) is 2.98. The number of hydrogen-bond donors (Lipinski definition) is 4. The second-order valence-electron chi connectivity index (χ2n) is 9.37. The van der Waals surface area contributed by atoms with Crippen LogP contribution >= 0.6 is 11.8 Å². The van der Waals surface area contributed by atoms with Gasteiger partial charge in [0.15, 0.2) is 6.29 Å². The molecule has 4 rings (SSSR count). The van der Waals surface area contributed by atoms with Crippen LogP contribution < -0.4 is 5.32 Å². The molecule has 0 aliphatic carbocycles. The molecule has 0 radical (unpaired) electrons. The Morgan fingerprint density at radius 2 is 1.52 bits per heavy atom. The number of benzene rings is 3. The van der Waals surface area contributed by atoms with Crippen LogP contribution in [0.2, 0.25) is 0 Å². The summed E-state index contributed by atoms with van der Waals surface area (Å²) in [4.78, 5) is 34.8. The smallest absolute Gasteiger partial charge is 0.336 e. The SMILES string of the molecule is O=C(O)CCC(=O)NCc1ccc([C@@H]2O[C@H](CSc3ccccc3C(=O)O)C[C@H](c3ccc(CO)cc3)O2)cc1. The number of carbonyl (C=O) groups is 3. The highest BCUT2D eigenvalue weighted by Gasteiger charge is 2.32. The summed E-state index contributed by atoms with van der Waals surface area (Å²) in [6.45, 7) is 0.222. The number of nitrogens with one attached hydrogen (secondary N) is 1. The number of carbonyl (C=O) groups excluding carboxylic acids is 1. The van der Waals surface area contributed by atoms with Crippen molar-refractivity contribution in [3.05, 3.63) is 101 Å². The minimum Gasteiger partial charge on any atom is -0.481 e. The van der Waals surface area contributed by atoms with E-state index in [1.54, 1.807) is 18.2 Å². The Bertz CT molecular complexity index is 1310. The third-order valence-corrected chi connectivity index (χ3v) is 7.67. The maximum Gasteiger partial charge on any atom is 0.336 e. The number of aliphatic hydroxyl groups excluding tert-OH is 1. The van der Waals surface area contributed by atoms with Crippen LogP contribution in [0, 0.1) is 0 Å². The number of carboxylic acid groups (broad SMARTS) is 2. The molecule has 4 N–H and O–H groups in total. The molecule has 0 aromatic heterocycles. The summed E-state index contributed by atoms with van der Waals surface area (Å²) < 4.78 is 12.7. The van der Waals surface area contributed by atoms with E-state index >= 15 is 0 Å². The standard InChI is InChI=1S/C30H31NO8S/c32-17-20-7-9-21(10-8-20)25-15-23(18-40-26-4-2-1-3-24(26)29(36)37)38-30(39-25)22-11-5-19(6-12-22)16-31-27(33)13-14-28(34)35/h1-12,23,25,30,32H,13-18H2,(H,31,33)(H,34,35)(H,36,37)/t23-,25+,30+/m0/s1. The lowest BCUT2D eigenvalue weighted by Gasteiger charge is -2.36. The third-order valence-electron chi connectivity index (χ3n) is 6.46. The third kappa shape index (κ3) is 8.15. The second-order valence-corrected chi connectivity index (χ2v) is 10.4. The molecule has 0 bridgehead atoms. The molecular weight excluding hydrogens is 534 g/mol. The number of carboxylic acids is 2. The van der Waals surface area contributed by atoms with E-state index in [-0.39, 0.29) is 49.7 Å². The molecule has 1 aliphatic heterocycles. The van der Waals surface area contributed by atoms with Crippen molar-refractivity contribution in [2.24, 2.45) is 0 Å². The van der Waals surface area contributed by atoms with Crippen LogP contribution in [0.25, 0.3) is 0 Å². The number of aromatic carboxylic acids is 1. The lowest BCUT2D eigenvalue weighted by molar-refractivity contribution is -0.245. The van der Waals surface area contributed by atoms with E-state index in [0.29, 0.717) is 17.1 Å². The minimum atomic E-state index is -1.02. The van der Waals surface area contributed by atoms with E-state index in [9.17, 15) is 24.6 Å².